The molecule has 0 spiro atoms. The third kappa shape index (κ3) is 1.91. The highest BCUT2D eigenvalue weighted by molar-refractivity contribution is 5.33. The fourth-order valence-electron chi connectivity index (χ4n) is 1.91. The zero-order valence-electron chi connectivity index (χ0n) is 10.3. The molecule has 2 rings (SSSR count). The van der Waals surface area contributed by atoms with Gasteiger partial charge in [-0.15, -0.1) is 0 Å². The van der Waals surface area contributed by atoms with Crippen LogP contribution < -0.4 is 10.5 Å². The van der Waals surface area contributed by atoms with Crippen LogP contribution in [0, 0.1) is 0 Å². The molecule has 17 heavy (non-hydrogen) atoms. The molecular formula is C11H17N5O. The lowest BCUT2D eigenvalue weighted by Crippen LogP contribution is -2.20. The Kier molecular flexibility index (Phi) is 3.14. The van der Waals surface area contributed by atoms with Crippen LogP contribution in [0.5, 0.6) is 5.75 Å². The van der Waals surface area contributed by atoms with Crippen LogP contribution in [0.4, 0.5) is 0 Å². The van der Waals surface area contributed by atoms with Crippen molar-refractivity contribution in [1.82, 2.24) is 19.3 Å². The summed E-state index contributed by atoms with van der Waals surface area (Å²) in [4.78, 5) is 4.08. The summed E-state index contributed by atoms with van der Waals surface area (Å²) in [5.41, 5.74) is 8.06. The van der Waals surface area contributed by atoms with E-state index in [1.165, 1.54) is 0 Å². The zero-order valence-corrected chi connectivity index (χ0v) is 10.3. The van der Waals surface area contributed by atoms with Crippen LogP contribution in [0.2, 0.25) is 0 Å². The van der Waals surface area contributed by atoms with E-state index in [0.717, 1.165) is 17.9 Å². The summed E-state index contributed by atoms with van der Waals surface area (Å²) < 4.78 is 9.04. The summed E-state index contributed by atoms with van der Waals surface area (Å²) in [6.07, 6.45) is 5.18. The Bertz CT molecular complexity index is 480. The van der Waals surface area contributed by atoms with Gasteiger partial charge in [-0.3, -0.25) is 4.68 Å². The van der Waals surface area contributed by atoms with Crippen molar-refractivity contribution in [3.8, 4) is 5.75 Å². The second kappa shape index (κ2) is 4.58. The maximum absolute atomic E-state index is 6.26. The van der Waals surface area contributed by atoms with E-state index in [-0.39, 0.29) is 6.04 Å². The van der Waals surface area contributed by atoms with E-state index >= 15 is 0 Å². The number of nitrogens with two attached hydrogens (primary N) is 1. The van der Waals surface area contributed by atoms with Gasteiger partial charge in [0.05, 0.1) is 37.6 Å². The number of aromatic nitrogens is 4. The predicted molar refractivity (Wildman–Crippen MR) is 63.7 cm³/mol. The van der Waals surface area contributed by atoms with Gasteiger partial charge in [-0.05, 0) is 6.92 Å². The lowest BCUT2D eigenvalue weighted by molar-refractivity contribution is 0.404. The minimum Gasteiger partial charge on any atom is -0.493 e. The van der Waals surface area contributed by atoms with Crippen molar-refractivity contribution >= 4 is 0 Å². The molecular weight excluding hydrogens is 218 g/mol. The number of methoxy groups -OCH3 is 1. The SMILES string of the molecule is CCn1ncc(OC)c1C(N)c1cncn1C. The molecule has 0 aliphatic heterocycles. The summed E-state index contributed by atoms with van der Waals surface area (Å²) in [6.45, 7) is 2.77. The van der Waals surface area contributed by atoms with Crippen molar-refractivity contribution in [3.05, 3.63) is 30.1 Å². The molecule has 0 aliphatic carbocycles. The third-order valence-corrected chi connectivity index (χ3v) is 2.83. The summed E-state index contributed by atoms with van der Waals surface area (Å²) in [6, 6.07) is -0.292. The molecule has 0 fully saturated rings. The van der Waals surface area contributed by atoms with E-state index < -0.39 is 0 Å². The number of nitrogens with zero attached hydrogens (tertiary/aromatic N) is 4. The average Bonchev–Trinajstić information content (AvgIpc) is 2.93. The van der Waals surface area contributed by atoms with Crippen molar-refractivity contribution in [1.29, 1.82) is 0 Å². The van der Waals surface area contributed by atoms with E-state index in [4.69, 9.17) is 10.5 Å². The third-order valence-electron chi connectivity index (χ3n) is 2.83. The average molecular weight is 235 g/mol. The van der Waals surface area contributed by atoms with Crippen LogP contribution in [-0.2, 0) is 13.6 Å². The number of hydrogen-bond acceptors (Lipinski definition) is 4. The highest BCUT2D eigenvalue weighted by atomic mass is 16.5. The van der Waals surface area contributed by atoms with E-state index in [1.807, 2.05) is 23.2 Å². The van der Waals surface area contributed by atoms with Gasteiger partial charge >= 0.3 is 0 Å². The molecule has 2 aromatic heterocycles. The molecule has 2 N–H and O–H groups in total. The Morgan fingerprint density at radius 1 is 1.47 bits per heavy atom. The molecule has 0 bridgehead atoms. The van der Waals surface area contributed by atoms with Crippen molar-refractivity contribution in [2.45, 2.75) is 19.5 Å². The molecule has 0 aliphatic rings. The van der Waals surface area contributed by atoms with Gasteiger partial charge in [-0.2, -0.15) is 5.10 Å². The predicted octanol–water partition coefficient (Wildman–Crippen LogP) is 0.693. The fraction of sp³-hybridized carbons (Fsp3) is 0.455. The molecule has 0 saturated carbocycles. The largest absolute Gasteiger partial charge is 0.493 e. The van der Waals surface area contributed by atoms with Crippen LogP contribution in [-0.4, -0.2) is 26.4 Å². The van der Waals surface area contributed by atoms with Crippen molar-refractivity contribution in [3.63, 3.8) is 0 Å². The first-order valence-electron chi connectivity index (χ1n) is 5.50. The van der Waals surface area contributed by atoms with Gasteiger partial charge in [0.1, 0.15) is 5.69 Å². The monoisotopic (exact) mass is 235 g/mol. The number of ether oxygens (including phenoxy) is 1. The van der Waals surface area contributed by atoms with E-state index in [0.29, 0.717) is 5.75 Å². The minimum atomic E-state index is -0.292. The molecule has 6 nitrogen and oxygen atoms in total. The Morgan fingerprint density at radius 3 is 2.76 bits per heavy atom. The maximum atomic E-state index is 6.26. The summed E-state index contributed by atoms with van der Waals surface area (Å²) in [5.74, 6) is 0.709. The van der Waals surface area contributed by atoms with Crippen LogP contribution in [0.1, 0.15) is 24.4 Å². The number of aryl methyl sites for hydroxylation is 2. The molecule has 0 amide bonds. The van der Waals surface area contributed by atoms with Crippen molar-refractivity contribution in [2.24, 2.45) is 12.8 Å². The van der Waals surface area contributed by atoms with Gasteiger partial charge in [0.2, 0.25) is 0 Å². The van der Waals surface area contributed by atoms with Gasteiger partial charge in [-0.1, -0.05) is 0 Å². The first-order chi connectivity index (χ1) is 8.19. The smallest absolute Gasteiger partial charge is 0.161 e. The Balaban J connectivity index is 2.45. The topological polar surface area (TPSA) is 70.9 Å². The first-order valence-corrected chi connectivity index (χ1v) is 5.50. The lowest BCUT2D eigenvalue weighted by atomic mass is 10.1. The number of imidazole rings is 1. The maximum Gasteiger partial charge on any atom is 0.161 e. The standard InChI is InChI=1S/C11H17N5O/c1-4-16-11(9(17-3)6-14-16)10(12)8-5-13-7-15(8)2/h5-7,10H,4,12H2,1-3H3. The normalized spacial score (nSPS) is 12.7. The van der Waals surface area contributed by atoms with Gasteiger partial charge in [-0.25, -0.2) is 4.98 Å². The van der Waals surface area contributed by atoms with Gasteiger partial charge in [0.15, 0.2) is 5.75 Å². The number of rotatable bonds is 4. The first kappa shape index (κ1) is 11.7. The van der Waals surface area contributed by atoms with Crippen LogP contribution in [0.15, 0.2) is 18.7 Å². The second-order valence-electron chi connectivity index (χ2n) is 3.82. The highest BCUT2D eigenvalue weighted by Gasteiger charge is 2.21. The Hall–Kier alpha value is -1.82. The molecule has 1 atom stereocenters. The summed E-state index contributed by atoms with van der Waals surface area (Å²) in [7, 11) is 3.54. The molecule has 2 aromatic rings. The van der Waals surface area contributed by atoms with Gasteiger partial charge in [0.25, 0.3) is 0 Å². The molecule has 1 unspecified atom stereocenters. The summed E-state index contributed by atoms with van der Waals surface area (Å²) in [5, 5.41) is 4.25. The van der Waals surface area contributed by atoms with Gasteiger partial charge < -0.3 is 15.0 Å². The van der Waals surface area contributed by atoms with E-state index in [2.05, 4.69) is 10.1 Å². The Labute approximate surface area is 100 Å². The molecule has 6 heteroatoms. The molecule has 0 radical (unpaired) electrons. The quantitative estimate of drug-likeness (QED) is 0.846. The van der Waals surface area contributed by atoms with E-state index in [9.17, 15) is 0 Å². The van der Waals surface area contributed by atoms with Crippen molar-refractivity contribution < 1.29 is 4.74 Å². The van der Waals surface area contributed by atoms with Crippen LogP contribution in [0.3, 0.4) is 0 Å². The minimum absolute atomic E-state index is 0.292. The van der Waals surface area contributed by atoms with Crippen molar-refractivity contribution in [2.75, 3.05) is 7.11 Å². The van der Waals surface area contributed by atoms with E-state index in [1.54, 1.807) is 25.8 Å². The second-order valence-corrected chi connectivity index (χ2v) is 3.82. The molecule has 2 heterocycles. The molecule has 92 valence electrons. The van der Waals surface area contributed by atoms with Crippen LogP contribution >= 0.6 is 0 Å². The Morgan fingerprint density at radius 2 is 2.24 bits per heavy atom. The fourth-order valence-corrected chi connectivity index (χ4v) is 1.91. The van der Waals surface area contributed by atoms with Crippen LogP contribution in [0.25, 0.3) is 0 Å². The molecule has 0 saturated heterocycles. The number of hydrogen-bond donors (Lipinski definition) is 1. The lowest BCUT2D eigenvalue weighted by Gasteiger charge is -2.15. The molecule has 0 aromatic carbocycles. The highest BCUT2D eigenvalue weighted by Crippen LogP contribution is 2.27. The summed E-state index contributed by atoms with van der Waals surface area (Å²) >= 11 is 0. The zero-order chi connectivity index (χ0) is 12.4. The van der Waals surface area contributed by atoms with Gasteiger partial charge in [0, 0.05) is 13.6 Å².